The fourth-order valence-corrected chi connectivity index (χ4v) is 11.5. The topological polar surface area (TPSA) is 79.2 Å². The molecule has 219 valence electrons. The number of methoxy groups -OCH3 is 1. The number of ether oxygens (including phenoxy) is 2. The highest BCUT2D eigenvalue weighted by Crippen LogP contribution is 2.90. The van der Waals surface area contributed by atoms with E-state index < -0.39 is 11.6 Å². The maximum Gasteiger partial charge on any atom is 0.410 e. The molecule has 6 aliphatic rings. The van der Waals surface area contributed by atoms with E-state index in [1.54, 1.807) is 10.8 Å². The molecule has 3 radical (unpaired) electrons. The molecule has 0 aromatic rings. The molecule has 2 N–H and O–H groups in total. The Balaban J connectivity index is 1.30. The lowest BCUT2D eigenvalue weighted by atomic mass is 9.41. The van der Waals surface area contributed by atoms with Gasteiger partial charge in [-0.05, 0) is 112 Å². The molecule has 1 heterocycles. The molecule has 0 bridgehead atoms. The Morgan fingerprint density at radius 2 is 1.79 bits per heavy atom. The van der Waals surface area contributed by atoms with Crippen LogP contribution in [-0.4, -0.2) is 52.6 Å². The van der Waals surface area contributed by atoms with E-state index in [4.69, 9.17) is 9.47 Å². The molecule has 6 rings (SSSR count). The molecule has 1 amide bonds. The monoisotopic (exact) mass is 542 g/mol. The van der Waals surface area contributed by atoms with E-state index in [-0.39, 0.29) is 39.8 Å². The number of carbonyl (C=O) groups is 1. The third-order valence-electron chi connectivity index (χ3n) is 13.6. The summed E-state index contributed by atoms with van der Waals surface area (Å²) < 4.78 is 11.8. The van der Waals surface area contributed by atoms with Crippen molar-refractivity contribution < 1.29 is 24.5 Å². The summed E-state index contributed by atoms with van der Waals surface area (Å²) >= 11 is 0. The standard InChI is InChI=1S/C33H52NO5/c1-19-16-20(17-34(27(37)38-9)28(2,3)4)39-25-24(19)30(7)14-15-33-18-32(33)13-12-23(35)29(5,6)21(32)10-11-22(33)31(30,8)26(25)36/h19,21,23-24,26,35-36H,10-18H2,1-9H3/t19-,21+,23?,24+,26+,30-,31-,32-,33+/m1/s1. The second kappa shape index (κ2) is 8.37. The van der Waals surface area contributed by atoms with Crippen LogP contribution < -0.4 is 0 Å². The van der Waals surface area contributed by atoms with Crippen LogP contribution >= 0.6 is 0 Å². The second-order valence-corrected chi connectivity index (χ2v) is 16.3. The van der Waals surface area contributed by atoms with Crippen molar-refractivity contribution >= 4 is 6.09 Å². The number of fused-ring (bicyclic) bond motifs is 4. The van der Waals surface area contributed by atoms with Crippen molar-refractivity contribution in [3.63, 3.8) is 0 Å². The molecule has 5 aliphatic carbocycles. The van der Waals surface area contributed by atoms with Crippen LogP contribution in [0.5, 0.6) is 0 Å². The third-order valence-corrected chi connectivity index (χ3v) is 13.6. The van der Waals surface area contributed by atoms with Gasteiger partial charge in [-0.1, -0.05) is 34.6 Å². The number of hydrogen-bond acceptors (Lipinski definition) is 5. The minimum Gasteiger partial charge on any atom is -0.453 e. The van der Waals surface area contributed by atoms with E-state index in [1.165, 1.54) is 20.0 Å². The van der Waals surface area contributed by atoms with Crippen LogP contribution in [0, 0.1) is 63.0 Å². The molecule has 39 heavy (non-hydrogen) atoms. The average Bonchev–Trinajstić information content (AvgIpc) is 3.49. The first-order valence-corrected chi connectivity index (χ1v) is 15.5. The van der Waals surface area contributed by atoms with Gasteiger partial charge in [0.05, 0.1) is 25.9 Å². The molecule has 5 saturated carbocycles. The smallest absolute Gasteiger partial charge is 0.410 e. The zero-order valence-electron chi connectivity index (χ0n) is 25.8. The highest BCUT2D eigenvalue weighted by molar-refractivity contribution is 5.68. The van der Waals surface area contributed by atoms with Crippen molar-refractivity contribution in [1.29, 1.82) is 0 Å². The molecule has 1 saturated heterocycles. The lowest BCUT2D eigenvalue weighted by Gasteiger charge is -2.63. The minimum atomic E-state index is -0.643. The van der Waals surface area contributed by atoms with Gasteiger partial charge in [0.15, 0.2) is 0 Å². The van der Waals surface area contributed by atoms with Gasteiger partial charge in [-0.15, -0.1) is 0 Å². The summed E-state index contributed by atoms with van der Waals surface area (Å²) in [6.07, 6.45) is 9.01. The van der Waals surface area contributed by atoms with Gasteiger partial charge in [0.1, 0.15) is 12.2 Å². The summed E-state index contributed by atoms with van der Waals surface area (Å²) in [6, 6.07) is 0. The van der Waals surface area contributed by atoms with Gasteiger partial charge in [-0.25, -0.2) is 4.79 Å². The van der Waals surface area contributed by atoms with E-state index in [0.717, 1.165) is 50.7 Å². The van der Waals surface area contributed by atoms with Gasteiger partial charge in [0, 0.05) is 16.9 Å². The van der Waals surface area contributed by atoms with Crippen molar-refractivity contribution in [2.45, 2.75) is 125 Å². The highest BCUT2D eigenvalue weighted by atomic mass is 16.5. The first-order chi connectivity index (χ1) is 18.0. The van der Waals surface area contributed by atoms with Crippen LogP contribution in [0.15, 0.2) is 0 Å². The molecule has 1 aliphatic heterocycles. The predicted octanol–water partition coefficient (Wildman–Crippen LogP) is 6.31. The molecule has 1 unspecified atom stereocenters. The predicted molar refractivity (Wildman–Crippen MR) is 150 cm³/mol. The van der Waals surface area contributed by atoms with Crippen LogP contribution in [0.4, 0.5) is 4.79 Å². The van der Waals surface area contributed by atoms with Gasteiger partial charge in [0.2, 0.25) is 0 Å². The van der Waals surface area contributed by atoms with Gasteiger partial charge in [-0.3, -0.25) is 0 Å². The second-order valence-electron chi connectivity index (χ2n) is 16.3. The third kappa shape index (κ3) is 3.34. The Kier molecular flexibility index (Phi) is 6.07. The molecule has 9 atom stereocenters. The average molecular weight is 543 g/mol. The molecule has 6 heteroatoms. The number of carbonyl (C=O) groups excluding carboxylic acids is 1. The first kappa shape index (κ1) is 28.3. The molecular formula is C33H52NO5. The molecule has 0 aromatic heterocycles. The zero-order valence-corrected chi connectivity index (χ0v) is 25.8. The maximum absolute atomic E-state index is 12.7. The number of aliphatic hydroxyl groups is 2. The molecule has 0 aromatic carbocycles. The number of amides is 1. The van der Waals surface area contributed by atoms with E-state index in [2.05, 4.69) is 34.6 Å². The Morgan fingerprint density at radius 3 is 2.44 bits per heavy atom. The normalized spacial score (nSPS) is 49.3. The largest absolute Gasteiger partial charge is 0.453 e. The van der Waals surface area contributed by atoms with Crippen LogP contribution in [0.25, 0.3) is 0 Å². The number of nitrogens with zero attached hydrogens (tertiary/aromatic N) is 1. The highest BCUT2D eigenvalue weighted by Gasteiger charge is 2.85. The summed E-state index contributed by atoms with van der Waals surface area (Å²) in [5, 5.41) is 23.2. The zero-order chi connectivity index (χ0) is 28.6. The lowest BCUT2D eigenvalue weighted by Crippen LogP contribution is -2.58. The van der Waals surface area contributed by atoms with Crippen molar-refractivity contribution in [1.82, 2.24) is 4.90 Å². The number of rotatable bonds is 2. The minimum absolute atomic E-state index is 0.0496. The summed E-state index contributed by atoms with van der Waals surface area (Å²) in [5.74, 6) is 2.69. The van der Waals surface area contributed by atoms with Crippen LogP contribution in [0.1, 0.15) is 107 Å². The lowest BCUT2D eigenvalue weighted by molar-refractivity contribution is -0.125. The van der Waals surface area contributed by atoms with Crippen molar-refractivity contribution in [2.24, 2.45) is 44.8 Å². The van der Waals surface area contributed by atoms with Crippen molar-refractivity contribution in [3.8, 4) is 0 Å². The fraction of sp³-hybridized carbons (Fsp3) is 0.879. The van der Waals surface area contributed by atoms with Gasteiger partial charge < -0.3 is 24.6 Å². The summed E-state index contributed by atoms with van der Waals surface area (Å²) in [5.41, 5.74) is -0.331. The summed E-state index contributed by atoms with van der Waals surface area (Å²) in [6.45, 7) is 18.1. The molecule has 6 fully saturated rings. The van der Waals surface area contributed by atoms with Crippen LogP contribution in [0.2, 0.25) is 0 Å². The Morgan fingerprint density at radius 1 is 1.10 bits per heavy atom. The van der Waals surface area contributed by atoms with E-state index in [1.807, 2.05) is 20.8 Å². The molecular weight excluding hydrogens is 490 g/mol. The molecule has 6 nitrogen and oxygen atoms in total. The van der Waals surface area contributed by atoms with Crippen molar-refractivity contribution in [2.75, 3.05) is 13.7 Å². The SMILES string of the molecule is COC(=O)N(C[C]1C[C@@H](C)[C@H]2[C](O1)[C@H](O)[C@@]1(C)[C]3CC[C@H]4C(C)(C)C(O)CC[C@@]45C[C@@]35CC[C@]21C)C(C)(C)C. The Labute approximate surface area is 236 Å². The fourth-order valence-electron chi connectivity index (χ4n) is 11.5. The Bertz CT molecular complexity index is 1020. The first-order valence-electron chi connectivity index (χ1n) is 15.5. The van der Waals surface area contributed by atoms with E-state index >= 15 is 0 Å². The number of aliphatic hydroxyl groups excluding tert-OH is 2. The van der Waals surface area contributed by atoms with Crippen LogP contribution in [0.3, 0.4) is 0 Å². The van der Waals surface area contributed by atoms with E-state index in [9.17, 15) is 15.0 Å². The molecule has 2 spiro atoms. The van der Waals surface area contributed by atoms with Gasteiger partial charge >= 0.3 is 6.09 Å². The summed E-state index contributed by atoms with van der Waals surface area (Å²) in [4.78, 5) is 14.4. The maximum atomic E-state index is 12.7. The van der Waals surface area contributed by atoms with Gasteiger partial charge in [-0.2, -0.15) is 0 Å². The van der Waals surface area contributed by atoms with Crippen molar-refractivity contribution in [3.05, 3.63) is 18.1 Å². The number of hydrogen-bond donors (Lipinski definition) is 2. The van der Waals surface area contributed by atoms with Crippen LogP contribution in [-0.2, 0) is 9.47 Å². The quantitative estimate of drug-likeness (QED) is 0.427. The van der Waals surface area contributed by atoms with E-state index in [0.29, 0.717) is 23.8 Å². The Hall–Kier alpha value is -0.850. The van der Waals surface area contributed by atoms with Gasteiger partial charge in [0.25, 0.3) is 0 Å². The summed E-state index contributed by atoms with van der Waals surface area (Å²) in [7, 11) is 1.43.